The SMILES string of the molecule is COc1ccc(F)c(C2CN(c3ncc(OCC4CCN(c5nc(C(C)C)no5)CC4)cn3)CC2N)c1. The summed E-state index contributed by atoms with van der Waals surface area (Å²) in [5, 5.41) is 4.06. The Hall–Kier alpha value is -3.47. The van der Waals surface area contributed by atoms with Crippen LogP contribution in [-0.4, -0.2) is 66.0 Å². The van der Waals surface area contributed by atoms with Gasteiger partial charge in [0.15, 0.2) is 11.6 Å². The number of hydrogen-bond acceptors (Lipinski definition) is 10. The maximum absolute atomic E-state index is 14.5. The molecule has 2 N–H and O–H groups in total. The van der Waals surface area contributed by atoms with E-state index in [1.807, 2.05) is 4.90 Å². The monoisotopic (exact) mass is 511 g/mol. The lowest BCUT2D eigenvalue weighted by molar-refractivity contribution is 0.219. The molecule has 0 radical (unpaired) electrons. The van der Waals surface area contributed by atoms with Crippen molar-refractivity contribution < 1.29 is 18.4 Å². The molecule has 2 aromatic heterocycles. The predicted molar refractivity (Wildman–Crippen MR) is 137 cm³/mol. The summed E-state index contributed by atoms with van der Waals surface area (Å²) < 4.78 is 31.2. The summed E-state index contributed by atoms with van der Waals surface area (Å²) in [6.45, 7) is 7.48. The molecule has 0 aliphatic carbocycles. The van der Waals surface area contributed by atoms with E-state index in [1.165, 1.54) is 6.07 Å². The fraction of sp³-hybridized carbons (Fsp3) is 0.538. The van der Waals surface area contributed by atoms with Crippen molar-refractivity contribution in [2.75, 3.05) is 49.7 Å². The third-order valence-electron chi connectivity index (χ3n) is 7.18. The van der Waals surface area contributed by atoms with Crippen molar-refractivity contribution in [1.29, 1.82) is 0 Å². The van der Waals surface area contributed by atoms with Crippen molar-refractivity contribution in [3.05, 3.63) is 47.8 Å². The van der Waals surface area contributed by atoms with Gasteiger partial charge in [0.25, 0.3) is 0 Å². The molecule has 0 amide bonds. The highest BCUT2D eigenvalue weighted by atomic mass is 19.1. The molecule has 3 aromatic rings. The minimum Gasteiger partial charge on any atom is -0.497 e. The number of ether oxygens (including phenoxy) is 2. The van der Waals surface area contributed by atoms with Gasteiger partial charge in [0, 0.05) is 44.1 Å². The Morgan fingerprint density at radius 1 is 1.11 bits per heavy atom. The van der Waals surface area contributed by atoms with Crippen LogP contribution in [0, 0.1) is 11.7 Å². The fourth-order valence-corrected chi connectivity index (χ4v) is 4.90. The number of anilines is 2. The second-order valence-corrected chi connectivity index (χ2v) is 10.1. The molecule has 1 aromatic carbocycles. The zero-order valence-corrected chi connectivity index (χ0v) is 21.5. The Kier molecular flexibility index (Phi) is 7.40. The number of methoxy groups -OCH3 is 1. The van der Waals surface area contributed by atoms with Gasteiger partial charge in [-0.3, -0.25) is 0 Å². The molecular weight excluding hydrogens is 477 g/mol. The van der Waals surface area contributed by atoms with Crippen LogP contribution in [0.15, 0.2) is 35.1 Å². The van der Waals surface area contributed by atoms with Crippen molar-refractivity contribution in [1.82, 2.24) is 20.1 Å². The first-order valence-corrected chi connectivity index (χ1v) is 12.8. The molecule has 2 aliphatic heterocycles. The molecule has 37 heavy (non-hydrogen) atoms. The van der Waals surface area contributed by atoms with Gasteiger partial charge in [0.05, 0.1) is 26.1 Å². The second kappa shape index (κ2) is 10.9. The van der Waals surface area contributed by atoms with Gasteiger partial charge in [-0.2, -0.15) is 4.98 Å². The lowest BCUT2D eigenvalue weighted by Crippen LogP contribution is -2.35. The van der Waals surface area contributed by atoms with Gasteiger partial charge >= 0.3 is 6.01 Å². The summed E-state index contributed by atoms with van der Waals surface area (Å²) in [6, 6.07) is 5.11. The van der Waals surface area contributed by atoms with E-state index in [1.54, 1.807) is 31.6 Å². The minimum atomic E-state index is -0.281. The van der Waals surface area contributed by atoms with E-state index in [9.17, 15) is 4.39 Å². The van der Waals surface area contributed by atoms with Crippen LogP contribution in [0.3, 0.4) is 0 Å². The summed E-state index contributed by atoms with van der Waals surface area (Å²) in [7, 11) is 1.57. The van der Waals surface area contributed by atoms with Crippen molar-refractivity contribution in [2.45, 2.75) is 44.6 Å². The van der Waals surface area contributed by atoms with Crippen LogP contribution >= 0.6 is 0 Å². The summed E-state index contributed by atoms with van der Waals surface area (Å²) in [6.07, 6.45) is 5.33. The molecule has 2 fully saturated rings. The average molecular weight is 512 g/mol. The molecule has 2 saturated heterocycles. The van der Waals surface area contributed by atoms with Crippen LogP contribution in [0.5, 0.6) is 11.5 Å². The molecule has 2 unspecified atom stereocenters. The van der Waals surface area contributed by atoms with Crippen LogP contribution in [0.2, 0.25) is 0 Å². The maximum atomic E-state index is 14.5. The van der Waals surface area contributed by atoms with Gasteiger partial charge < -0.3 is 29.5 Å². The largest absolute Gasteiger partial charge is 0.497 e. The van der Waals surface area contributed by atoms with Crippen molar-refractivity contribution >= 4 is 12.0 Å². The summed E-state index contributed by atoms with van der Waals surface area (Å²) >= 11 is 0. The molecule has 0 spiro atoms. The van der Waals surface area contributed by atoms with Crippen LogP contribution < -0.4 is 25.0 Å². The third kappa shape index (κ3) is 5.61. The molecule has 198 valence electrons. The Morgan fingerprint density at radius 3 is 2.54 bits per heavy atom. The normalized spacial score (nSPS) is 20.6. The van der Waals surface area contributed by atoms with Crippen molar-refractivity contribution in [2.24, 2.45) is 11.7 Å². The highest BCUT2D eigenvalue weighted by Crippen LogP contribution is 2.32. The smallest absolute Gasteiger partial charge is 0.324 e. The van der Waals surface area contributed by atoms with Crippen molar-refractivity contribution in [3.8, 4) is 11.5 Å². The second-order valence-electron chi connectivity index (χ2n) is 10.1. The number of hydrogen-bond donors (Lipinski definition) is 1. The topological polar surface area (TPSA) is 116 Å². The zero-order valence-electron chi connectivity index (χ0n) is 21.5. The number of nitrogens with two attached hydrogens (primary N) is 1. The fourth-order valence-electron chi connectivity index (χ4n) is 4.90. The van der Waals surface area contributed by atoms with Crippen LogP contribution in [-0.2, 0) is 0 Å². The van der Waals surface area contributed by atoms with Crippen LogP contribution in [0.4, 0.5) is 16.4 Å². The quantitative estimate of drug-likeness (QED) is 0.483. The van der Waals surface area contributed by atoms with Gasteiger partial charge in [-0.15, -0.1) is 0 Å². The summed E-state index contributed by atoms with van der Waals surface area (Å²) in [5.41, 5.74) is 6.93. The van der Waals surface area contributed by atoms with E-state index in [4.69, 9.17) is 19.7 Å². The van der Waals surface area contributed by atoms with Crippen LogP contribution in [0.1, 0.15) is 49.9 Å². The number of nitrogens with zero attached hydrogens (tertiary/aromatic N) is 6. The summed E-state index contributed by atoms with van der Waals surface area (Å²) in [5.74, 6) is 2.75. The summed E-state index contributed by atoms with van der Waals surface area (Å²) in [4.78, 5) is 17.6. The molecule has 4 heterocycles. The molecule has 5 rings (SSSR count). The highest BCUT2D eigenvalue weighted by molar-refractivity contribution is 5.41. The number of benzene rings is 1. The van der Waals surface area contributed by atoms with E-state index in [-0.39, 0.29) is 23.7 Å². The number of aromatic nitrogens is 4. The van der Waals surface area contributed by atoms with Gasteiger partial charge in [-0.05, 0) is 42.5 Å². The lowest BCUT2D eigenvalue weighted by atomic mass is 9.94. The first kappa shape index (κ1) is 25.2. The molecule has 2 atom stereocenters. The zero-order chi connectivity index (χ0) is 25.9. The van der Waals surface area contributed by atoms with E-state index >= 15 is 0 Å². The molecule has 0 saturated carbocycles. The Labute approximate surface area is 216 Å². The van der Waals surface area contributed by atoms with Crippen molar-refractivity contribution in [3.63, 3.8) is 0 Å². The van der Waals surface area contributed by atoms with E-state index < -0.39 is 0 Å². The molecular formula is C26H34FN7O3. The Bertz CT molecular complexity index is 1180. The predicted octanol–water partition coefficient (Wildman–Crippen LogP) is 3.36. The highest BCUT2D eigenvalue weighted by Gasteiger charge is 2.34. The third-order valence-corrected chi connectivity index (χ3v) is 7.18. The molecule has 2 aliphatic rings. The first-order valence-electron chi connectivity index (χ1n) is 12.8. The van der Waals surface area contributed by atoms with Gasteiger partial charge in [0.1, 0.15) is 11.6 Å². The Balaban J connectivity index is 1.12. The standard InChI is InChI=1S/C26H34FN7O3/c1-16(2)24-31-26(37-32-24)33-8-6-17(7-9-33)15-36-19-11-29-25(30-12-19)34-13-21(23(28)14-34)20-10-18(35-3)4-5-22(20)27/h4-5,10-12,16-17,21,23H,6-9,13-15,28H2,1-3H3. The van der Waals surface area contributed by atoms with Gasteiger partial charge in [0.2, 0.25) is 5.95 Å². The molecule has 10 nitrogen and oxygen atoms in total. The number of halogens is 1. The molecule has 11 heteroatoms. The average Bonchev–Trinajstić information content (AvgIpc) is 3.56. The number of rotatable bonds is 8. The van der Waals surface area contributed by atoms with Gasteiger partial charge in [-0.1, -0.05) is 19.0 Å². The van der Waals surface area contributed by atoms with Gasteiger partial charge in [-0.25, -0.2) is 14.4 Å². The van der Waals surface area contributed by atoms with E-state index in [0.29, 0.717) is 54.6 Å². The maximum Gasteiger partial charge on any atom is 0.324 e. The number of piperidine rings is 1. The Morgan fingerprint density at radius 2 is 1.86 bits per heavy atom. The lowest BCUT2D eigenvalue weighted by Gasteiger charge is -2.30. The van der Waals surface area contributed by atoms with E-state index in [2.05, 4.69) is 38.9 Å². The van der Waals surface area contributed by atoms with E-state index in [0.717, 1.165) is 31.8 Å². The van der Waals surface area contributed by atoms with Crippen LogP contribution in [0.25, 0.3) is 0 Å². The first-order chi connectivity index (χ1) is 17.9. The molecule has 0 bridgehead atoms. The minimum absolute atomic E-state index is 0.176.